The topological polar surface area (TPSA) is 42.4 Å². The van der Waals surface area contributed by atoms with Gasteiger partial charge in [0.15, 0.2) is 5.67 Å². The molecular formula is C19H25FN2O2. The predicted molar refractivity (Wildman–Crippen MR) is 87.9 cm³/mol. The van der Waals surface area contributed by atoms with Gasteiger partial charge in [0, 0.05) is 31.4 Å². The van der Waals surface area contributed by atoms with Gasteiger partial charge in [-0.25, -0.2) is 4.39 Å². The van der Waals surface area contributed by atoms with E-state index in [0.29, 0.717) is 44.4 Å². The average molecular weight is 332 g/mol. The lowest BCUT2D eigenvalue weighted by Gasteiger charge is -2.35. The van der Waals surface area contributed by atoms with E-state index in [1.54, 1.807) is 11.1 Å². The summed E-state index contributed by atoms with van der Waals surface area (Å²) >= 11 is 0. The van der Waals surface area contributed by atoms with Gasteiger partial charge in [-0.2, -0.15) is 0 Å². The van der Waals surface area contributed by atoms with Crippen LogP contribution in [0.25, 0.3) is 0 Å². The third-order valence-corrected chi connectivity index (χ3v) is 6.04. The van der Waals surface area contributed by atoms with Crippen molar-refractivity contribution in [2.24, 2.45) is 11.8 Å². The summed E-state index contributed by atoms with van der Waals surface area (Å²) in [5.74, 6) is 0.544. The summed E-state index contributed by atoms with van der Waals surface area (Å²) in [6, 6.07) is 3.93. The maximum absolute atomic E-state index is 14.5. The highest BCUT2D eigenvalue weighted by Crippen LogP contribution is 2.42. The lowest BCUT2D eigenvalue weighted by Crippen LogP contribution is -2.49. The summed E-state index contributed by atoms with van der Waals surface area (Å²) in [5, 5.41) is 0. The Morgan fingerprint density at radius 3 is 2.92 bits per heavy atom. The highest BCUT2D eigenvalue weighted by molar-refractivity contribution is 5.86. The second-order valence-corrected chi connectivity index (χ2v) is 7.59. The van der Waals surface area contributed by atoms with Gasteiger partial charge < -0.3 is 9.64 Å². The van der Waals surface area contributed by atoms with E-state index >= 15 is 0 Å². The normalized spacial score (nSPS) is 31.4. The minimum absolute atomic E-state index is 0.165. The molecule has 0 N–H and O–H groups in total. The van der Waals surface area contributed by atoms with E-state index < -0.39 is 5.67 Å². The highest BCUT2D eigenvalue weighted by Gasteiger charge is 2.51. The first-order valence-electron chi connectivity index (χ1n) is 9.14. The van der Waals surface area contributed by atoms with Gasteiger partial charge in [-0.05, 0) is 49.7 Å². The first kappa shape index (κ1) is 16.0. The molecule has 1 aromatic heterocycles. The zero-order valence-corrected chi connectivity index (χ0v) is 14.0. The minimum atomic E-state index is -1.57. The van der Waals surface area contributed by atoms with Crippen molar-refractivity contribution in [3.8, 4) is 0 Å². The van der Waals surface area contributed by atoms with Crippen molar-refractivity contribution in [1.82, 2.24) is 9.88 Å². The second kappa shape index (κ2) is 6.43. The molecule has 0 spiro atoms. The van der Waals surface area contributed by atoms with Crippen LogP contribution in [0.2, 0.25) is 0 Å². The standard InChI is InChI=1S/C19H25FN2O2/c20-19(7-3-8-19)18(23)22-11-15-5-1-6-17(16(15)12-22)24-13-14-4-2-9-21-10-14/h2,4,9-10,15-17H,1,3,5-8,11-13H2/t15-,16+,17?/m1/s1. The molecule has 2 aliphatic carbocycles. The number of amides is 1. The van der Waals surface area contributed by atoms with Crippen molar-refractivity contribution in [1.29, 1.82) is 0 Å². The third kappa shape index (κ3) is 2.94. The molecule has 5 heteroatoms. The zero-order valence-electron chi connectivity index (χ0n) is 14.0. The molecule has 0 aromatic carbocycles. The fraction of sp³-hybridized carbons (Fsp3) is 0.684. The van der Waals surface area contributed by atoms with Crippen LogP contribution < -0.4 is 0 Å². The van der Waals surface area contributed by atoms with Crippen molar-refractivity contribution in [2.45, 2.75) is 56.9 Å². The number of alkyl halides is 1. The van der Waals surface area contributed by atoms with Gasteiger partial charge in [-0.15, -0.1) is 0 Å². The van der Waals surface area contributed by atoms with E-state index in [4.69, 9.17) is 4.74 Å². The van der Waals surface area contributed by atoms with Crippen molar-refractivity contribution in [2.75, 3.05) is 13.1 Å². The zero-order chi connectivity index (χ0) is 16.6. The molecule has 130 valence electrons. The first-order chi connectivity index (χ1) is 11.7. The van der Waals surface area contributed by atoms with Crippen LogP contribution in [-0.4, -0.2) is 40.7 Å². The van der Waals surface area contributed by atoms with Gasteiger partial charge in [0.1, 0.15) is 0 Å². The van der Waals surface area contributed by atoms with Crippen LogP contribution in [0.3, 0.4) is 0 Å². The Labute approximate surface area is 142 Å². The van der Waals surface area contributed by atoms with E-state index in [1.807, 2.05) is 18.3 Å². The van der Waals surface area contributed by atoms with E-state index in [2.05, 4.69) is 4.98 Å². The van der Waals surface area contributed by atoms with Crippen molar-refractivity contribution >= 4 is 5.91 Å². The molecule has 1 amide bonds. The number of hydrogen-bond acceptors (Lipinski definition) is 3. The van der Waals surface area contributed by atoms with Crippen molar-refractivity contribution in [3.05, 3.63) is 30.1 Å². The second-order valence-electron chi connectivity index (χ2n) is 7.59. The summed E-state index contributed by atoms with van der Waals surface area (Å²) in [6.45, 7) is 1.93. The van der Waals surface area contributed by atoms with Gasteiger partial charge in [0.25, 0.3) is 5.91 Å². The van der Waals surface area contributed by atoms with E-state index in [0.717, 1.165) is 31.2 Å². The van der Waals surface area contributed by atoms with Crippen LogP contribution in [0.4, 0.5) is 4.39 Å². The summed E-state index contributed by atoms with van der Waals surface area (Å²) in [4.78, 5) is 18.4. The van der Waals surface area contributed by atoms with Crippen LogP contribution in [-0.2, 0) is 16.1 Å². The Morgan fingerprint density at radius 1 is 1.33 bits per heavy atom. The molecule has 3 aliphatic rings. The summed E-state index contributed by atoms with van der Waals surface area (Å²) in [7, 11) is 0. The van der Waals surface area contributed by atoms with Crippen molar-refractivity contribution in [3.63, 3.8) is 0 Å². The number of nitrogens with zero attached hydrogens (tertiary/aromatic N) is 2. The number of rotatable bonds is 4. The van der Waals surface area contributed by atoms with Crippen LogP contribution >= 0.6 is 0 Å². The molecule has 4 rings (SSSR count). The maximum atomic E-state index is 14.5. The highest BCUT2D eigenvalue weighted by atomic mass is 19.1. The molecule has 4 nitrogen and oxygen atoms in total. The summed E-state index contributed by atoms with van der Waals surface area (Å²) < 4.78 is 20.6. The predicted octanol–water partition coefficient (Wildman–Crippen LogP) is 3.12. The Kier molecular flexibility index (Phi) is 4.29. The minimum Gasteiger partial charge on any atom is -0.373 e. The van der Waals surface area contributed by atoms with Gasteiger partial charge in [-0.3, -0.25) is 9.78 Å². The molecule has 3 atom stereocenters. The number of aromatic nitrogens is 1. The molecule has 24 heavy (non-hydrogen) atoms. The SMILES string of the molecule is O=C(N1C[C@H]2CCCC(OCc3cccnc3)[C@H]2C1)C1(F)CCC1. The molecule has 1 unspecified atom stereocenters. The van der Waals surface area contributed by atoms with E-state index in [-0.39, 0.29) is 12.0 Å². The van der Waals surface area contributed by atoms with Crippen LogP contribution in [0.1, 0.15) is 44.1 Å². The number of carbonyl (C=O) groups is 1. The molecule has 2 heterocycles. The lowest BCUT2D eigenvalue weighted by molar-refractivity contribution is -0.149. The number of halogens is 1. The van der Waals surface area contributed by atoms with E-state index in [1.165, 1.54) is 0 Å². The Bertz CT molecular complexity index is 590. The summed E-state index contributed by atoms with van der Waals surface area (Å²) in [6.07, 6.45) is 8.67. The Hall–Kier alpha value is -1.49. The Morgan fingerprint density at radius 2 is 2.21 bits per heavy atom. The smallest absolute Gasteiger partial charge is 0.260 e. The van der Waals surface area contributed by atoms with Gasteiger partial charge in [0.2, 0.25) is 0 Å². The lowest BCUT2D eigenvalue weighted by atomic mass is 9.79. The van der Waals surface area contributed by atoms with Gasteiger partial charge in [-0.1, -0.05) is 12.5 Å². The molecule has 3 fully saturated rings. The molecule has 2 saturated carbocycles. The van der Waals surface area contributed by atoms with Crippen molar-refractivity contribution < 1.29 is 13.9 Å². The number of carbonyl (C=O) groups excluding carboxylic acids is 1. The number of likely N-dealkylation sites (tertiary alicyclic amines) is 1. The largest absolute Gasteiger partial charge is 0.373 e. The molecule has 1 aromatic rings. The van der Waals surface area contributed by atoms with Crippen LogP contribution in [0.15, 0.2) is 24.5 Å². The number of pyridine rings is 1. The fourth-order valence-electron chi connectivity index (χ4n) is 4.46. The first-order valence-corrected chi connectivity index (χ1v) is 9.14. The number of ether oxygens (including phenoxy) is 1. The number of fused-ring (bicyclic) bond motifs is 1. The Balaban J connectivity index is 1.38. The third-order valence-electron chi connectivity index (χ3n) is 6.04. The number of hydrogen-bond donors (Lipinski definition) is 0. The van der Waals surface area contributed by atoms with Gasteiger partial charge >= 0.3 is 0 Å². The van der Waals surface area contributed by atoms with E-state index in [9.17, 15) is 9.18 Å². The molecule has 1 aliphatic heterocycles. The quantitative estimate of drug-likeness (QED) is 0.851. The van der Waals surface area contributed by atoms with Gasteiger partial charge in [0.05, 0.1) is 12.7 Å². The monoisotopic (exact) mass is 332 g/mol. The molecule has 0 bridgehead atoms. The molecule has 0 radical (unpaired) electrons. The molecular weight excluding hydrogens is 307 g/mol. The fourth-order valence-corrected chi connectivity index (χ4v) is 4.46. The summed E-state index contributed by atoms with van der Waals surface area (Å²) in [5.41, 5.74) is -0.498. The maximum Gasteiger partial charge on any atom is 0.260 e. The average Bonchev–Trinajstić information content (AvgIpc) is 3.02. The molecule has 1 saturated heterocycles. The van der Waals surface area contributed by atoms with Crippen LogP contribution in [0, 0.1) is 11.8 Å². The van der Waals surface area contributed by atoms with Crippen LogP contribution in [0.5, 0.6) is 0 Å².